The summed E-state index contributed by atoms with van der Waals surface area (Å²) in [5.41, 5.74) is 3.74. The molecule has 0 radical (unpaired) electrons. The summed E-state index contributed by atoms with van der Waals surface area (Å²) in [5, 5.41) is 12.4. The van der Waals surface area contributed by atoms with Crippen LogP contribution < -0.4 is 15.4 Å². The van der Waals surface area contributed by atoms with Crippen molar-refractivity contribution in [1.29, 1.82) is 0 Å². The van der Waals surface area contributed by atoms with Gasteiger partial charge in [-0.15, -0.1) is 0 Å². The second kappa shape index (κ2) is 11.3. The van der Waals surface area contributed by atoms with E-state index in [1.165, 1.54) is 24.5 Å². The number of rotatable bonds is 9. The number of likely N-dealkylation sites (N-methyl/N-ethyl adjacent to an activating group) is 1. The molecule has 2 heterocycles. The van der Waals surface area contributed by atoms with Crippen LogP contribution in [0, 0.1) is 5.82 Å². The van der Waals surface area contributed by atoms with Crippen LogP contribution in [-0.2, 0) is 11.3 Å². The van der Waals surface area contributed by atoms with Gasteiger partial charge < -0.3 is 20.3 Å². The molecule has 0 aliphatic heterocycles. The van der Waals surface area contributed by atoms with Gasteiger partial charge in [-0.05, 0) is 62.1 Å². The summed E-state index contributed by atoms with van der Waals surface area (Å²) in [4.78, 5) is 23.2. The van der Waals surface area contributed by atoms with E-state index in [-0.39, 0.29) is 11.7 Å². The Hall–Kier alpha value is -4.83. The van der Waals surface area contributed by atoms with Crippen LogP contribution in [-0.4, -0.2) is 58.3 Å². The van der Waals surface area contributed by atoms with Crippen molar-refractivity contribution in [3.8, 4) is 5.75 Å². The van der Waals surface area contributed by atoms with Crippen LogP contribution >= 0.6 is 0 Å². The van der Waals surface area contributed by atoms with Gasteiger partial charge in [-0.1, -0.05) is 18.2 Å². The van der Waals surface area contributed by atoms with Crippen LogP contribution in [0.15, 0.2) is 79.3 Å². The average molecular weight is 526 g/mol. The summed E-state index contributed by atoms with van der Waals surface area (Å²) in [7, 11) is 5.41. The molecule has 198 valence electrons. The number of anilines is 3. The lowest BCUT2D eigenvalue weighted by Crippen LogP contribution is -2.13. The number of fused-ring (bicyclic) bond motifs is 2. The van der Waals surface area contributed by atoms with Crippen molar-refractivity contribution in [2.75, 3.05) is 38.4 Å². The van der Waals surface area contributed by atoms with Gasteiger partial charge in [0.25, 0.3) is 0 Å². The lowest BCUT2D eigenvalue weighted by atomic mass is 10.1. The predicted molar refractivity (Wildman–Crippen MR) is 151 cm³/mol. The normalized spacial score (nSPS) is 11.5. The standard InChI is InChI=1S/C29H28FN7O2/c1-36(2)11-5-8-28(38)35-25-15-24-23(14-27(25)39-3)29(32-18-31-24)34-22-9-10-26-20(13-22)16-33-37(26)17-19-6-4-7-21(30)12-19/h4-10,12-16,18H,11,17H2,1-3H3,(H,35,38)(H,31,32,34)/b8-5+. The number of carbonyl (C=O) groups excluding carboxylic acids is 1. The molecule has 0 atom stereocenters. The highest BCUT2D eigenvalue weighted by molar-refractivity contribution is 6.03. The average Bonchev–Trinajstić information content (AvgIpc) is 3.30. The van der Waals surface area contributed by atoms with Crippen LogP contribution in [0.4, 0.5) is 21.6 Å². The third-order valence-corrected chi connectivity index (χ3v) is 6.08. The summed E-state index contributed by atoms with van der Waals surface area (Å²) in [6.45, 7) is 1.12. The van der Waals surface area contributed by atoms with Gasteiger partial charge in [0.05, 0.1) is 36.6 Å². The number of nitrogens with one attached hydrogen (secondary N) is 2. The number of nitrogens with zero attached hydrogens (tertiary/aromatic N) is 5. The minimum Gasteiger partial charge on any atom is -0.495 e. The van der Waals surface area contributed by atoms with Gasteiger partial charge in [0.15, 0.2) is 0 Å². The zero-order valence-corrected chi connectivity index (χ0v) is 21.9. The quantitative estimate of drug-likeness (QED) is 0.262. The largest absolute Gasteiger partial charge is 0.495 e. The Balaban J connectivity index is 1.38. The Morgan fingerprint density at radius 2 is 2.00 bits per heavy atom. The number of hydrogen-bond acceptors (Lipinski definition) is 7. The summed E-state index contributed by atoms with van der Waals surface area (Å²) in [6.07, 6.45) is 6.53. The topological polar surface area (TPSA) is 97.2 Å². The lowest BCUT2D eigenvalue weighted by Gasteiger charge is -2.13. The molecule has 0 saturated heterocycles. The molecule has 2 N–H and O–H groups in total. The van der Waals surface area contributed by atoms with Gasteiger partial charge in [-0.3, -0.25) is 9.48 Å². The fourth-order valence-electron chi connectivity index (χ4n) is 4.23. The Labute approximate surface area is 224 Å². The fraction of sp³-hybridized carbons (Fsp3) is 0.172. The van der Waals surface area contributed by atoms with E-state index in [1.54, 1.807) is 37.6 Å². The smallest absolute Gasteiger partial charge is 0.248 e. The molecule has 9 nitrogen and oxygen atoms in total. The molecule has 0 fully saturated rings. The van der Waals surface area contributed by atoms with Crippen molar-refractivity contribution in [3.05, 3.63) is 90.7 Å². The number of ether oxygens (including phenoxy) is 1. The molecule has 0 aliphatic rings. The SMILES string of the molecule is COc1cc2c(Nc3ccc4c(cnn4Cc4cccc(F)c4)c3)ncnc2cc1NC(=O)/C=C/CN(C)C. The fourth-order valence-corrected chi connectivity index (χ4v) is 4.23. The molecule has 10 heteroatoms. The van der Waals surface area contributed by atoms with Gasteiger partial charge in [0, 0.05) is 29.1 Å². The number of halogens is 1. The molecule has 2 aromatic heterocycles. The Bertz CT molecular complexity index is 1680. The number of benzene rings is 3. The second-order valence-corrected chi connectivity index (χ2v) is 9.28. The third kappa shape index (κ3) is 6.02. The van der Waals surface area contributed by atoms with Crippen molar-refractivity contribution < 1.29 is 13.9 Å². The molecule has 0 aliphatic carbocycles. The molecule has 39 heavy (non-hydrogen) atoms. The van der Waals surface area contributed by atoms with Crippen molar-refractivity contribution in [3.63, 3.8) is 0 Å². The highest BCUT2D eigenvalue weighted by Gasteiger charge is 2.13. The molecular weight excluding hydrogens is 497 g/mol. The van der Waals surface area contributed by atoms with E-state index < -0.39 is 0 Å². The minimum atomic E-state index is -0.268. The first kappa shape index (κ1) is 25.8. The number of methoxy groups -OCH3 is 1. The van der Waals surface area contributed by atoms with Crippen LogP contribution in [0.5, 0.6) is 5.75 Å². The Morgan fingerprint density at radius 1 is 1.13 bits per heavy atom. The maximum Gasteiger partial charge on any atom is 0.248 e. The zero-order valence-electron chi connectivity index (χ0n) is 21.9. The molecule has 0 bridgehead atoms. The van der Waals surface area contributed by atoms with Gasteiger partial charge in [-0.25, -0.2) is 14.4 Å². The highest BCUT2D eigenvalue weighted by Crippen LogP contribution is 2.33. The molecule has 5 rings (SSSR count). The third-order valence-electron chi connectivity index (χ3n) is 6.08. The first-order valence-corrected chi connectivity index (χ1v) is 12.3. The number of aromatic nitrogens is 4. The van der Waals surface area contributed by atoms with E-state index in [4.69, 9.17) is 4.74 Å². The van der Waals surface area contributed by atoms with Crippen molar-refractivity contribution >= 4 is 44.9 Å². The van der Waals surface area contributed by atoms with E-state index in [0.717, 1.165) is 27.5 Å². The highest BCUT2D eigenvalue weighted by atomic mass is 19.1. The molecule has 0 unspecified atom stereocenters. The molecule has 1 amide bonds. The van der Waals surface area contributed by atoms with Gasteiger partial charge in [0.1, 0.15) is 23.7 Å². The second-order valence-electron chi connectivity index (χ2n) is 9.28. The number of carbonyl (C=O) groups is 1. The van der Waals surface area contributed by atoms with Crippen LogP contribution in [0.1, 0.15) is 5.56 Å². The van der Waals surface area contributed by atoms with Crippen molar-refractivity contribution in [2.24, 2.45) is 0 Å². The van der Waals surface area contributed by atoms with E-state index in [1.807, 2.05) is 47.9 Å². The minimum absolute atomic E-state index is 0.256. The Kier molecular flexibility index (Phi) is 7.46. The van der Waals surface area contributed by atoms with Crippen molar-refractivity contribution in [1.82, 2.24) is 24.6 Å². The number of hydrogen-bond donors (Lipinski definition) is 2. The monoisotopic (exact) mass is 525 g/mol. The lowest BCUT2D eigenvalue weighted by molar-refractivity contribution is -0.111. The van der Waals surface area contributed by atoms with Gasteiger partial charge >= 0.3 is 0 Å². The van der Waals surface area contributed by atoms with E-state index >= 15 is 0 Å². The van der Waals surface area contributed by atoms with E-state index in [0.29, 0.717) is 35.9 Å². The predicted octanol–water partition coefficient (Wildman–Crippen LogP) is 4.98. The molecule has 3 aromatic carbocycles. The van der Waals surface area contributed by atoms with Gasteiger partial charge in [0.2, 0.25) is 5.91 Å². The molecule has 0 saturated carbocycles. The maximum absolute atomic E-state index is 13.6. The van der Waals surface area contributed by atoms with Crippen LogP contribution in [0.2, 0.25) is 0 Å². The molecule has 5 aromatic rings. The van der Waals surface area contributed by atoms with E-state index in [2.05, 4.69) is 25.7 Å². The zero-order chi connectivity index (χ0) is 27.4. The van der Waals surface area contributed by atoms with Gasteiger partial charge in [-0.2, -0.15) is 5.10 Å². The molecular formula is C29H28FN7O2. The Morgan fingerprint density at radius 3 is 2.79 bits per heavy atom. The molecule has 0 spiro atoms. The maximum atomic E-state index is 13.6. The first-order valence-electron chi connectivity index (χ1n) is 12.3. The first-order chi connectivity index (χ1) is 18.9. The summed E-state index contributed by atoms with van der Waals surface area (Å²) in [5.74, 6) is 0.556. The summed E-state index contributed by atoms with van der Waals surface area (Å²) in [6, 6.07) is 15.9. The van der Waals surface area contributed by atoms with Crippen LogP contribution in [0.3, 0.4) is 0 Å². The number of amides is 1. The van der Waals surface area contributed by atoms with Crippen LogP contribution in [0.25, 0.3) is 21.8 Å². The summed E-state index contributed by atoms with van der Waals surface area (Å²) < 4.78 is 21.0. The summed E-state index contributed by atoms with van der Waals surface area (Å²) >= 11 is 0. The van der Waals surface area contributed by atoms with E-state index in [9.17, 15) is 9.18 Å². The van der Waals surface area contributed by atoms with Crippen molar-refractivity contribution in [2.45, 2.75) is 6.54 Å².